The molecular weight excluding hydrogens is 506 g/mol. The van der Waals surface area contributed by atoms with Crippen molar-refractivity contribution >= 4 is 11.9 Å². The predicted octanol–water partition coefficient (Wildman–Crippen LogP) is 6.76. The number of rotatable bonds is 14. The van der Waals surface area contributed by atoms with Crippen LogP contribution in [0.5, 0.6) is 0 Å². The molecule has 0 heterocycles. The van der Waals surface area contributed by atoms with Gasteiger partial charge in [-0.3, -0.25) is 9.59 Å². The zero-order chi connectivity index (χ0) is 28.2. The molecule has 0 rings (SSSR count). The van der Waals surface area contributed by atoms with Gasteiger partial charge in [0.2, 0.25) is 0 Å². The summed E-state index contributed by atoms with van der Waals surface area (Å²) in [6.07, 6.45) is -10.2. The second kappa shape index (κ2) is 11.5. The Bertz CT molecular complexity index is 717. The highest BCUT2D eigenvalue weighted by Crippen LogP contribution is 2.49. The van der Waals surface area contributed by atoms with Crippen LogP contribution in [0.15, 0.2) is 0 Å². The van der Waals surface area contributed by atoms with Crippen LogP contribution in [0.4, 0.5) is 43.9 Å². The van der Waals surface area contributed by atoms with E-state index in [-0.39, 0.29) is 18.3 Å². The zero-order valence-electron chi connectivity index (χ0n) is 20.1. The van der Waals surface area contributed by atoms with Crippen molar-refractivity contribution in [2.45, 2.75) is 97.0 Å². The molecule has 14 heteroatoms. The van der Waals surface area contributed by atoms with Crippen LogP contribution in [0.3, 0.4) is 0 Å². The van der Waals surface area contributed by atoms with Crippen molar-refractivity contribution in [1.29, 1.82) is 0 Å². The summed E-state index contributed by atoms with van der Waals surface area (Å²) < 4.78 is 141. The molecule has 0 aromatic carbocycles. The maximum Gasteiger partial charge on any atom is 0.369 e. The molecule has 0 N–H and O–H groups in total. The lowest BCUT2D eigenvalue weighted by atomic mass is 9.84. The van der Waals surface area contributed by atoms with Crippen molar-refractivity contribution < 1.29 is 63.0 Å². The predicted molar refractivity (Wildman–Crippen MR) is 104 cm³/mol. The summed E-state index contributed by atoms with van der Waals surface area (Å²) in [5.74, 6) is -26.8. The Balaban J connectivity index is 5.45. The lowest BCUT2D eigenvalue weighted by Crippen LogP contribution is -2.55. The van der Waals surface area contributed by atoms with Crippen LogP contribution in [0, 0.1) is 17.3 Å². The molecule has 4 nitrogen and oxygen atoms in total. The molecule has 0 aromatic heterocycles. The van der Waals surface area contributed by atoms with E-state index in [1.54, 1.807) is 27.7 Å². The molecule has 0 amide bonds. The van der Waals surface area contributed by atoms with Gasteiger partial charge in [-0.05, 0) is 25.2 Å². The van der Waals surface area contributed by atoms with E-state index in [4.69, 9.17) is 4.74 Å². The van der Waals surface area contributed by atoms with E-state index in [1.165, 1.54) is 6.92 Å². The summed E-state index contributed by atoms with van der Waals surface area (Å²) in [6, 6.07) is 0. The van der Waals surface area contributed by atoms with E-state index in [0.29, 0.717) is 0 Å². The molecular formula is C21H30F10O4. The molecule has 0 spiro atoms. The van der Waals surface area contributed by atoms with Gasteiger partial charge in [-0.2, -0.15) is 35.1 Å². The fourth-order valence-electron chi connectivity index (χ4n) is 3.02. The minimum absolute atomic E-state index is 0.115. The molecule has 0 fully saturated rings. The highest BCUT2D eigenvalue weighted by molar-refractivity contribution is 5.83. The van der Waals surface area contributed by atoms with Crippen LogP contribution in [-0.2, 0) is 19.1 Å². The lowest BCUT2D eigenvalue weighted by molar-refractivity contribution is -0.310. The molecule has 0 aromatic rings. The number of hydrogen-bond acceptors (Lipinski definition) is 4. The average Bonchev–Trinajstić information content (AvgIpc) is 2.68. The highest BCUT2D eigenvalue weighted by Gasteiger charge is 2.70. The minimum Gasteiger partial charge on any atom is -0.462 e. The summed E-state index contributed by atoms with van der Waals surface area (Å²) in [6.45, 7) is 6.94. The van der Waals surface area contributed by atoms with Crippen LogP contribution in [0.1, 0.15) is 60.8 Å². The van der Waals surface area contributed by atoms with Crippen LogP contribution < -0.4 is 0 Å². The third-order valence-corrected chi connectivity index (χ3v) is 5.51. The number of alkyl halides is 10. The molecule has 35 heavy (non-hydrogen) atoms. The Kier molecular flexibility index (Phi) is 10.9. The van der Waals surface area contributed by atoms with Crippen LogP contribution in [0.2, 0.25) is 0 Å². The van der Waals surface area contributed by atoms with Gasteiger partial charge in [-0.1, -0.05) is 34.6 Å². The van der Waals surface area contributed by atoms with E-state index >= 15 is 0 Å². The second-order valence-electron chi connectivity index (χ2n) is 9.32. The van der Waals surface area contributed by atoms with Crippen molar-refractivity contribution in [2.24, 2.45) is 17.3 Å². The molecule has 1 unspecified atom stereocenters. The third-order valence-electron chi connectivity index (χ3n) is 5.51. The topological polar surface area (TPSA) is 52.6 Å². The molecule has 0 saturated carbocycles. The highest BCUT2D eigenvalue weighted by atomic mass is 19.3. The van der Waals surface area contributed by atoms with E-state index < -0.39 is 73.0 Å². The smallest absolute Gasteiger partial charge is 0.369 e. The van der Waals surface area contributed by atoms with Gasteiger partial charge in [0, 0.05) is 0 Å². The first-order valence-electron chi connectivity index (χ1n) is 10.6. The molecule has 208 valence electrons. The van der Waals surface area contributed by atoms with Crippen LogP contribution in [-0.4, -0.2) is 54.8 Å². The van der Waals surface area contributed by atoms with E-state index in [9.17, 15) is 53.5 Å². The summed E-state index contributed by atoms with van der Waals surface area (Å²) >= 11 is 0. The first-order chi connectivity index (χ1) is 15.5. The Morgan fingerprint density at radius 1 is 0.800 bits per heavy atom. The average molecular weight is 536 g/mol. The van der Waals surface area contributed by atoms with Gasteiger partial charge >= 0.3 is 42.1 Å². The van der Waals surface area contributed by atoms with Crippen molar-refractivity contribution in [3.8, 4) is 0 Å². The molecule has 0 radical (unpaired) electrons. The summed E-state index contributed by atoms with van der Waals surface area (Å²) in [5, 5.41) is 0. The number of ether oxygens (including phenoxy) is 2. The van der Waals surface area contributed by atoms with Crippen LogP contribution in [0.25, 0.3) is 0 Å². The second-order valence-corrected chi connectivity index (χ2v) is 9.32. The van der Waals surface area contributed by atoms with Gasteiger partial charge in [0.1, 0.15) is 6.10 Å². The number of carbonyl (C=O) groups is 2. The fraction of sp³-hybridized carbons (Fsp3) is 0.905. The van der Waals surface area contributed by atoms with Gasteiger partial charge in [0.25, 0.3) is 0 Å². The largest absolute Gasteiger partial charge is 0.462 e. The van der Waals surface area contributed by atoms with E-state index in [2.05, 4.69) is 4.74 Å². The van der Waals surface area contributed by atoms with Gasteiger partial charge in [0.15, 0.2) is 6.61 Å². The first kappa shape index (κ1) is 33.2. The Hall–Kier alpha value is -1.76. The zero-order valence-corrected chi connectivity index (χ0v) is 20.1. The number of esters is 2. The van der Waals surface area contributed by atoms with Crippen molar-refractivity contribution in [1.82, 2.24) is 0 Å². The normalized spacial score (nSPS) is 15.7. The maximum atomic E-state index is 13.9. The SMILES string of the molecule is CCC(C)(CC(=O)OC(C(C)C)C(C)C)C(=O)OCC(F)(F)C(F)(F)CC(F)(F)C(F)(F)C(F)F. The molecule has 0 bridgehead atoms. The lowest BCUT2D eigenvalue weighted by Gasteiger charge is -2.33. The first-order valence-corrected chi connectivity index (χ1v) is 10.6. The Morgan fingerprint density at radius 3 is 1.63 bits per heavy atom. The van der Waals surface area contributed by atoms with Gasteiger partial charge in [0.05, 0.1) is 18.3 Å². The van der Waals surface area contributed by atoms with E-state index in [0.717, 1.165) is 6.92 Å². The van der Waals surface area contributed by atoms with Gasteiger partial charge < -0.3 is 9.47 Å². The molecule has 0 aliphatic carbocycles. The molecule has 0 aliphatic heterocycles. The van der Waals surface area contributed by atoms with Gasteiger partial charge in [-0.15, -0.1) is 0 Å². The minimum atomic E-state index is -6.31. The van der Waals surface area contributed by atoms with Crippen molar-refractivity contribution in [3.05, 3.63) is 0 Å². The molecule has 0 aliphatic rings. The maximum absolute atomic E-state index is 13.9. The number of hydrogen-bond donors (Lipinski definition) is 0. The van der Waals surface area contributed by atoms with Crippen molar-refractivity contribution in [3.63, 3.8) is 0 Å². The standard InChI is InChI=1S/C21H30F10O4/c1-7-17(6,8-13(32)35-14(11(2)3)12(4)5)16(33)34-10-20(28,29)18(24,25)9-19(26,27)21(30,31)15(22)23/h11-12,14-15H,7-10H2,1-6H3. The molecule has 1 atom stereocenters. The number of halogens is 10. The van der Waals surface area contributed by atoms with Crippen molar-refractivity contribution in [2.75, 3.05) is 6.61 Å². The summed E-state index contributed by atoms with van der Waals surface area (Å²) in [5.41, 5.74) is -1.84. The Labute approximate surface area is 196 Å². The van der Waals surface area contributed by atoms with Gasteiger partial charge in [-0.25, -0.2) is 8.78 Å². The fourth-order valence-corrected chi connectivity index (χ4v) is 3.02. The van der Waals surface area contributed by atoms with E-state index in [1.807, 2.05) is 0 Å². The van der Waals surface area contributed by atoms with Crippen LogP contribution >= 0.6 is 0 Å². The quantitative estimate of drug-likeness (QED) is 0.182. The third kappa shape index (κ3) is 8.12. The number of carbonyl (C=O) groups excluding carboxylic acids is 2. The molecule has 0 saturated heterocycles. The summed E-state index contributed by atoms with van der Waals surface area (Å²) in [4.78, 5) is 24.6. The summed E-state index contributed by atoms with van der Waals surface area (Å²) in [7, 11) is 0. The monoisotopic (exact) mass is 536 g/mol. The Morgan fingerprint density at radius 2 is 1.26 bits per heavy atom.